The summed E-state index contributed by atoms with van der Waals surface area (Å²) in [5.74, 6) is -0.0590. The van der Waals surface area contributed by atoms with Gasteiger partial charge in [-0.25, -0.2) is 4.39 Å². The number of ether oxygens (including phenoxy) is 1. The molecule has 0 heterocycles. The number of nitrogens with one attached hydrogen (secondary N) is 1. The molecular formula is C16H24FNO2. The molecule has 1 aliphatic rings. The van der Waals surface area contributed by atoms with Crippen LogP contribution in [0.4, 0.5) is 4.39 Å². The Bertz CT molecular complexity index is 425. The minimum atomic E-state index is -0.496. The maximum absolute atomic E-state index is 14.0. The van der Waals surface area contributed by atoms with E-state index in [-0.39, 0.29) is 11.9 Å². The van der Waals surface area contributed by atoms with Gasteiger partial charge >= 0.3 is 0 Å². The summed E-state index contributed by atoms with van der Waals surface area (Å²) >= 11 is 0. The van der Waals surface area contributed by atoms with E-state index in [9.17, 15) is 9.50 Å². The van der Waals surface area contributed by atoms with Gasteiger partial charge < -0.3 is 15.2 Å². The van der Waals surface area contributed by atoms with E-state index in [4.69, 9.17) is 4.74 Å². The van der Waals surface area contributed by atoms with Crippen LogP contribution in [0.5, 0.6) is 5.75 Å². The molecule has 2 rings (SSSR count). The molecule has 2 atom stereocenters. The van der Waals surface area contributed by atoms with Crippen LogP contribution in [0.2, 0.25) is 0 Å². The summed E-state index contributed by atoms with van der Waals surface area (Å²) in [5, 5.41) is 13.3. The molecule has 1 fully saturated rings. The lowest BCUT2D eigenvalue weighted by Crippen LogP contribution is -2.31. The van der Waals surface area contributed by atoms with Crippen LogP contribution in [0.1, 0.15) is 44.6 Å². The molecule has 0 radical (unpaired) electrons. The van der Waals surface area contributed by atoms with Gasteiger partial charge in [0.25, 0.3) is 0 Å². The zero-order valence-electron chi connectivity index (χ0n) is 12.1. The molecule has 0 bridgehead atoms. The van der Waals surface area contributed by atoms with E-state index in [0.29, 0.717) is 12.3 Å². The third-order valence-electron chi connectivity index (χ3n) is 3.80. The predicted octanol–water partition coefficient (Wildman–Crippen LogP) is 3.01. The molecule has 0 saturated heterocycles. The van der Waals surface area contributed by atoms with Crippen molar-refractivity contribution in [3.63, 3.8) is 0 Å². The van der Waals surface area contributed by atoms with E-state index >= 15 is 0 Å². The normalized spacial score (nSPS) is 23.4. The predicted molar refractivity (Wildman–Crippen MR) is 77.3 cm³/mol. The highest BCUT2D eigenvalue weighted by molar-refractivity contribution is 5.35. The molecule has 0 spiro atoms. The third-order valence-corrected chi connectivity index (χ3v) is 3.80. The van der Waals surface area contributed by atoms with Crippen LogP contribution in [-0.4, -0.2) is 23.9 Å². The van der Waals surface area contributed by atoms with Gasteiger partial charge in [-0.1, -0.05) is 31.9 Å². The van der Waals surface area contributed by atoms with Crippen LogP contribution in [0, 0.1) is 5.82 Å². The molecule has 2 unspecified atom stereocenters. The summed E-state index contributed by atoms with van der Waals surface area (Å²) in [6.45, 7) is 3.41. The van der Waals surface area contributed by atoms with Gasteiger partial charge in [0.05, 0.1) is 6.10 Å². The number of hydrogen-bond acceptors (Lipinski definition) is 3. The highest BCUT2D eigenvalue weighted by atomic mass is 19.1. The number of rotatable bonds is 5. The molecule has 3 nitrogen and oxygen atoms in total. The number of para-hydroxylation sites is 1. The van der Waals surface area contributed by atoms with Crippen molar-refractivity contribution < 1.29 is 14.2 Å². The van der Waals surface area contributed by atoms with Crippen LogP contribution in [0.3, 0.4) is 0 Å². The lowest BCUT2D eigenvalue weighted by molar-refractivity contribution is 0.0291. The van der Waals surface area contributed by atoms with Gasteiger partial charge in [-0.3, -0.25) is 0 Å². The molecule has 4 heteroatoms. The lowest BCUT2D eigenvalue weighted by atomic mass is 10.1. The minimum absolute atomic E-state index is 0.291. The van der Waals surface area contributed by atoms with Crippen molar-refractivity contribution in [1.29, 1.82) is 0 Å². The highest BCUT2D eigenvalue weighted by Gasteiger charge is 2.25. The molecule has 20 heavy (non-hydrogen) atoms. The van der Waals surface area contributed by atoms with Gasteiger partial charge in [0.15, 0.2) is 11.6 Å². The monoisotopic (exact) mass is 281 g/mol. The zero-order chi connectivity index (χ0) is 14.4. The molecule has 1 aromatic rings. The molecule has 2 N–H and O–H groups in total. The molecule has 1 aliphatic carbocycles. The van der Waals surface area contributed by atoms with E-state index in [0.717, 1.165) is 44.2 Å². The van der Waals surface area contributed by atoms with Crippen molar-refractivity contribution in [2.24, 2.45) is 0 Å². The zero-order valence-corrected chi connectivity index (χ0v) is 12.1. The quantitative estimate of drug-likeness (QED) is 0.815. The van der Waals surface area contributed by atoms with Crippen molar-refractivity contribution in [2.45, 2.75) is 57.8 Å². The van der Waals surface area contributed by atoms with Crippen LogP contribution in [-0.2, 0) is 6.54 Å². The third kappa shape index (κ3) is 3.93. The number of halogens is 1. The molecule has 1 aromatic carbocycles. The van der Waals surface area contributed by atoms with Crippen LogP contribution >= 0.6 is 0 Å². The van der Waals surface area contributed by atoms with Crippen molar-refractivity contribution >= 4 is 0 Å². The fourth-order valence-corrected chi connectivity index (χ4v) is 2.63. The average molecular weight is 281 g/mol. The smallest absolute Gasteiger partial charge is 0.165 e. The maximum atomic E-state index is 14.0. The van der Waals surface area contributed by atoms with Gasteiger partial charge in [0.1, 0.15) is 6.10 Å². The van der Waals surface area contributed by atoms with Gasteiger partial charge in [0, 0.05) is 12.1 Å². The summed E-state index contributed by atoms with van der Waals surface area (Å²) < 4.78 is 19.9. The Hall–Kier alpha value is -1.13. The summed E-state index contributed by atoms with van der Waals surface area (Å²) in [6.07, 6.45) is 3.89. The molecule has 0 amide bonds. The Morgan fingerprint density at radius 1 is 1.30 bits per heavy atom. The molecule has 0 aliphatic heterocycles. The fraction of sp³-hybridized carbons (Fsp3) is 0.625. The largest absolute Gasteiger partial charge is 0.484 e. The minimum Gasteiger partial charge on any atom is -0.484 e. The summed E-state index contributed by atoms with van der Waals surface area (Å²) in [7, 11) is 0. The SMILES string of the molecule is CCNCc1cccc(F)c1OC1CCCCCC1O. The van der Waals surface area contributed by atoms with E-state index < -0.39 is 6.10 Å². The van der Waals surface area contributed by atoms with Gasteiger partial charge in [-0.15, -0.1) is 0 Å². The molecule has 0 aromatic heterocycles. The van der Waals surface area contributed by atoms with Gasteiger partial charge in [-0.05, 0) is 31.9 Å². The fourth-order valence-electron chi connectivity index (χ4n) is 2.63. The van der Waals surface area contributed by atoms with E-state index in [1.807, 2.05) is 13.0 Å². The number of aliphatic hydroxyl groups excluding tert-OH is 1. The Kier molecular flexibility index (Phi) is 5.80. The second-order valence-electron chi connectivity index (χ2n) is 5.37. The first kappa shape index (κ1) is 15.3. The Morgan fingerprint density at radius 2 is 2.10 bits per heavy atom. The Balaban J connectivity index is 2.13. The summed E-state index contributed by atoms with van der Waals surface area (Å²) in [6, 6.07) is 4.97. The first-order chi connectivity index (χ1) is 9.72. The second-order valence-corrected chi connectivity index (χ2v) is 5.37. The second kappa shape index (κ2) is 7.60. The van der Waals surface area contributed by atoms with Gasteiger partial charge in [-0.2, -0.15) is 0 Å². The van der Waals surface area contributed by atoms with E-state index in [1.165, 1.54) is 6.07 Å². The van der Waals surface area contributed by atoms with E-state index in [1.54, 1.807) is 6.07 Å². The van der Waals surface area contributed by atoms with Crippen molar-refractivity contribution in [2.75, 3.05) is 6.54 Å². The maximum Gasteiger partial charge on any atom is 0.165 e. The first-order valence-electron chi connectivity index (χ1n) is 7.55. The van der Waals surface area contributed by atoms with Crippen molar-refractivity contribution in [3.8, 4) is 5.75 Å². The van der Waals surface area contributed by atoms with Crippen LogP contribution in [0.25, 0.3) is 0 Å². The topological polar surface area (TPSA) is 41.5 Å². The number of aliphatic hydroxyl groups is 1. The standard InChI is InChI=1S/C16H24FNO2/c1-2-18-11-12-7-6-8-13(17)16(12)20-15-10-5-3-4-9-14(15)19/h6-8,14-15,18-19H,2-5,9-11H2,1H3. The Morgan fingerprint density at radius 3 is 2.90 bits per heavy atom. The molecule has 1 saturated carbocycles. The number of hydrogen-bond donors (Lipinski definition) is 2. The van der Waals surface area contributed by atoms with Gasteiger partial charge in [0.2, 0.25) is 0 Å². The van der Waals surface area contributed by atoms with Crippen molar-refractivity contribution in [3.05, 3.63) is 29.6 Å². The summed E-state index contributed by atoms with van der Waals surface area (Å²) in [4.78, 5) is 0. The lowest BCUT2D eigenvalue weighted by Gasteiger charge is -2.24. The number of benzene rings is 1. The van der Waals surface area contributed by atoms with Crippen LogP contribution in [0.15, 0.2) is 18.2 Å². The average Bonchev–Trinajstić information content (AvgIpc) is 2.64. The van der Waals surface area contributed by atoms with Crippen LogP contribution < -0.4 is 10.1 Å². The highest BCUT2D eigenvalue weighted by Crippen LogP contribution is 2.28. The van der Waals surface area contributed by atoms with E-state index in [2.05, 4.69) is 5.32 Å². The molecule has 112 valence electrons. The first-order valence-corrected chi connectivity index (χ1v) is 7.55. The Labute approximate surface area is 120 Å². The van der Waals surface area contributed by atoms with Crippen molar-refractivity contribution in [1.82, 2.24) is 5.32 Å². The summed E-state index contributed by atoms with van der Waals surface area (Å²) in [5.41, 5.74) is 0.809. The molecular weight excluding hydrogens is 257 g/mol.